The van der Waals surface area contributed by atoms with E-state index in [1.807, 2.05) is 19.1 Å². The lowest BCUT2D eigenvalue weighted by Gasteiger charge is -2.05. The van der Waals surface area contributed by atoms with E-state index in [2.05, 4.69) is 4.74 Å². The van der Waals surface area contributed by atoms with E-state index in [-0.39, 0.29) is 22.6 Å². The van der Waals surface area contributed by atoms with Gasteiger partial charge in [0.05, 0.1) is 29.4 Å². The highest BCUT2D eigenvalue weighted by atomic mass is 16.5. The molecule has 0 aliphatic heterocycles. The Morgan fingerprint density at radius 2 is 0.875 bits per heavy atom. The van der Waals surface area contributed by atoms with Gasteiger partial charge in [-0.15, -0.1) is 0 Å². The Labute approximate surface area is 229 Å². The molecule has 0 amide bonds. The molecule has 4 N–H and O–H groups in total. The second kappa shape index (κ2) is 14.9. The quantitative estimate of drug-likeness (QED) is 0.149. The van der Waals surface area contributed by atoms with Gasteiger partial charge in [0, 0.05) is 0 Å². The number of ether oxygens (including phenoxy) is 2. The summed E-state index contributed by atoms with van der Waals surface area (Å²) in [4.78, 5) is 43.9. The number of carbonyl (C=O) groups is 4. The highest BCUT2D eigenvalue weighted by Gasteiger charge is 2.11. The molecular formula is C30H26O10. The third kappa shape index (κ3) is 10.0. The number of phenolic OH excluding ortho intramolecular Hbond substituents is 2. The molecule has 0 saturated heterocycles. The van der Waals surface area contributed by atoms with E-state index in [0.29, 0.717) is 16.9 Å². The first-order valence-electron chi connectivity index (χ1n) is 11.5. The van der Waals surface area contributed by atoms with Crippen LogP contribution in [0.3, 0.4) is 0 Å². The number of phenols is 2. The molecule has 0 aromatic heterocycles. The number of methoxy groups -OCH3 is 1. The van der Waals surface area contributed by atoms with Crippen LogP contribution in [-0.4, -0.2) is 51.4 Å². The number of hydrogen-bond donors (Lipinski definition) is 4. The van der Waals surface area contributed by atoms with E-state index in [0.717, 1.165) is 5.56 Å². The van der Waals surface area contributed by atoms with Crippen LogP contribution in [0, 0.1) is 6.92 Å². The number of aromatic carboxylic acids is 2. The molecule has 4 aromatic carbocycles. The molecule has 0 aliphatic rings. The van der Waals surface area contributed by atoms with Crippen molar-refractivity contribution >= 4 is 23.9 Å². The number of aromatic hydroxyl groups is 2. The molecule has 206 valence electrons. The monoisotopic (exact) mass is 546 g/mol. The molecule has 0 saturated carbocycles. The van der Waals surface area contributed by atoms with Gasteiger partial charge in [0.25, 0.3) is 0 Å². The first kappa shape index (κ1) is 30.6. The molecule has 10 heteroatoms. The molecule has 4 rings (SSSR count). The molecule has 0 fully saturated rings. The molecule has 40 heavy (non-hydrogen) atoms. The van der Waals surface area contributed by atoms with Crippen molar-refractivity contribution in [2.24, 2.45) is 0 Å². The minimum Gasteiger partial charge on any atom is -0.508 e. The number of carbonyl (C=O) groups excluding carboxylic acids is 2. The first-order valence-corrected chi connectivity index (χ1v) is 11.5. The van der Waals surface area contributed by atoms with Gasteiger partial charge in [0.15, 0.2) is 0 Å². The summed E-state index contributed by atoms with van der Waals surface area (Å²) < 4.78 is 9.82. The van der Waals surface area contributed by atoms with Crippen LogP contribution in [0.5, 0.6) is 17.2 Å². The number of benzene rings is 4. The van der Waals surface area contributed by atoms with E-state index in [9.17, 15) is 19.2 Å². The Bertz CT molecular complexity index is 1370. The van der Waals surface area contributed by atoms with Crippen LogP contribution >= 0.6 is 0 Å². The van der Waals surface area contributed by atoms with Crippen molar-refractivity contribution in [1.29, 1.82) is 0 Å². The van der Waals surface area contributed by atoms with Crippen molar-refractivity contribution in [2.45, 2.75) is 6.92 Å². The van der Waals surface area contributed by atoms with Gasteiger partial charge in [-0.05, 0) is 91.9 Å². The van der Waals surface area contributed by atoms with Crippen LogP contribution in [0.15, 0.2) is 97.1 Å². The Morgan fingerprint density at radius 1 is 0.525 bits per heavy atom. The largest absolute Gasteiger partial charge is 0.508 e. The van der Waals surface area contributed by atoms with E-state index < -0.39 is 23.9 Å². The average Bonchev–Trinajstić information content (AvgIpc) is 2.96. The van der Waals surface area contributed by atoms with Crippen molar-refractivity contribution in [2.75, 3.05) is 7.11 Å². The Balaban J connectivity index is 0.000000236. The van der Waals surface area contributed by atoms with Gasteiger partial charge in [-0.1, -0.05) is 17.7 Å². The zero-order chi connectivity index (χ0) is 29.7. The number of carboxylic acid groups (broad SMARTS) is 2. The molecule has 0 atom stereocenters. The van der Waals surface area contributed by atoms with Crippen LogP contribution in [0.1, 0.15) is 47.0 Å². The zero-order valence-electron chi connectivity index (χ0n) is 21.5. The molecule has 0 radical (unpaired) electrons. The molecular weight excluding hydrogens is 520 g/mol. The van der Waals surface area contributed by atoms with Crippen molar-refractivity contribution in [1.82, 2.24) is 0 Å². The standard InChI is InChI=1S/C16H14O4.C8H6O4.C6H6O2/c1-11-3-9-14(10-4-11)20-16(18)13-7-5-12(6-8-13)15(17)19-2;9-7(10)5-1-2-6(4-3-5)8(11)12;7-5-1-2-6(8)4-3-5/h3-10H,1-2H3;1-4H,(H,9,10)(H,11,12);1-4,7-8H. The first-order chi connectivity index (χ1) is 19.0. The van der Waals surface area contributed by atoms with E-state index in [1.54, 1.807) is 12.1 Å². The number of carboxylic acids is 2. The zero-order valence-corrected chi connectivity index (χ0v) is 21.5. The topological polar surface area (TPSA) is 168 Å². The van der Waals surface area contributed by atoms with Gasteiger partial charge in [-0.25, -0.2) is 19.2 Å². The number of rotatable bonds is 5. The van der Waals surface area contributed by atoms with E-state index >= 15 is 0 Å². The second-order valence-corrected chi connectivity index (χ2v) is 7.98. The van der Waals surface area contributed by atoms with Gasteiger partial charge in [-0.2, -0.15) is 0 Å². The van der Waals surface area contributed by atoms with Gasteiger partial charge >= 0.3 is 23.9 Å². The van der Waals surface area contributed by atoms with Crippen molar-refractivity contribution in [3.05, 3.63) is 125 Å². The molecule has 0 heterocycles. The van der Waals surface area contributed by atoms with Crippen molar-refractivity contribution < 1.29 is 49.1 Å². The normalized spacial score (nSPS) is 9.55. The molecule has 0 unspecified atom stereocenters. The highest BCUT2D eigenvalue weighted by Crippen LogP contribution is 2.15. The van der Waals surface area contributed by atoms with Crippen LogP contribution in [0.2, 0.25) is 0 Å². The lowest BCUT2D eigenvalue weighted by Crippen LogP contribution is -2.09. The summed E-state index contributed by atoms with van der Waals surface area (Å²) in [5.41, 5.74) is 2.02. The van der Waals surface area contributed by atoms with Crippen molar-refractivity contribution in [3.8, 4) is 17.2 Å². The molecule has 4 aromatic rings. The summed E-state index contributed by atoms with van der Waals surface area (Å²) in [6.07, 6.45) is 0. The Hall–Kier alpha value is -5.64. The maximum atomic E-state index is 11.9. The summed E-state index contributed by atoms with van der Waals surface area (Å²) in [5.74, 6) is -2.21. The highest BCUT2D eigenvalue weighted by molar-refractivity contribution is 5.94. The number of aryl methyl sites for hydroxylation is 1. The Morgan fingerprint density at radius 3 is 1.23 bits per heavy atom. The molecule has 0 bridgehead atoms. The smallest absolute Gasteiger partial charge is 0.343 e. The van der Waals surface area contributed by atoms with Gasteiger partial charge < -0.3 is 29.9 Å². The second-order valence-electron chi connectivity index (χ2n) is 7.98. The summed E-state index contributed by atoms with van der Waals surface area (Å²) in [6.45, 7) is 1.96. The lowest BCUT2D eigenvalue weighted by atomic mass is 10.1. The molecule has 0 aliphatic carbocycles. The fourth-order valence-electron chi connectivity index (χ4n) is 2.84. The predicted molar refractivity (Wildman–Crippen MR) is 144 cm³/mol. The molecule has 10 nitrogen and oxygen atoms in total. The SMILES string of the molecule is COC(=O)c1ccc(C(=O)Oc2ccc(C)cc2)cc1.O=C(O)c1ccc(C(=O)O)cc1.Oc1ccc(O)cc1. The third-order valence-electron chi connectivity index (χ3n) is 5.00. The van der Waals surface area contributed by atoms with Crippen LogP contribution in [-0.2, 0) is 4.74 Å². The third-order valence-corrected chi connectivity index (χ3v) is 5.00. The lowest BCUT2D eigenvalue weighted by molar-refractivity contribution is 0.0598. The van der Waals surface area contributed by atoms with E-state index in [1.165, 1.54) is 79.9 Å². The van der Waals surface area contributed by atoms with Crippen LogP contribution in [0.25, 0.3) is 0 Å². The number of hydrogen-bond acceptors (Lipinski definition) is 8. The fraction of sp³-hybridized carbons (Fsp3) is 0.0667. The minimum atomic E-state index is -1.06. The maximum Gasteiger partial charge on any atom is 0.343 e. The summed E-state index contributed by atoms with van der Waals surface area (Å²) in [5, 5.41) is 34.2. The molecule has 0 spiro atoms. The predicted octanol–water partition coefficient (Wildman–Crippen LogP) is 5.18. The summed E-state index contributed by atoms with van der Waals surface area (Å²) in [6, 6.07) is 24.0. The van der Waals surface area contributed by atoms with E-state index in [4.69, 9.17) is 25.2 Å². The summed E-state index contributed by atoms with van der Waals surface area (Å²) >= 11 is 0. The Kier molecular flexibility index (Phi) is 11.4. The van der Waals surface area contributed by atoms with Crippen LogP contribution < -0.4 is 4.74 Å². The fourth-order valence-corrected chi connectivity index (χ4v) is 2.84. The minimum absolute atomic E-state index is 0.0833. The van der Waals surface area contributed by atoms with Gasteiger partial charge in [0.1, 0.15) is 17.2 Å². The van der Waals surface area contributed by atoms with Crippen molar-refractivity contribution in [3.63, 3.8) is 0 Å². The van der Waals surface area contributed by atoms with Gasteiger partial charge in [0.2, 0.25) is 0 Å². The average molecular weight is 547 g/mol. The number of esters is 2. The summed E-state index contributed by atoms with van der Waals surface area (Å²) in [7, 11) is 1.31. The van der Waals surface area contributed by atoms with Crippen LogP contribution in [0.4, 0.5) is 0 Å². The maximum absolute atomic E-state index is 11.9. The van der Waals surface area contributed by atoms with Gasteiger partial charge in [-0.3, -0.25) is 0 Å².